The van der Waals surface area contributed by atoms with Crippen LogP contribution in [0, 0.1) is 12.8 Å². The largest absolute Gasteiger partial charge is 0.331 e. The van der Waals surface area contributed by atoms with Crippen molar-refractivity contribution in [2.75, 3.05) is 6.67 Å². The summed E-state index contributed by atoms with van der Waals surface area (Å²) in [7, 11) is 0. The zero-order valence-corrected chi connectivity index (χ0v) is 11.7. The van der Waals surface area contributed by atoms with Crippen LogP contribution in [0.5, 0.6) is 0 Å². The molecule has 1 aliphatic carbocycles. The lowest BCUT2D eigenvalue weighted by Crippen LogP contribution is -2.27. The number of alkyl halides is 1. The fourth-order valence-electron chi connectivity index (χ4n) is 2.80. The number of aromatic nitrogens is 2. The van der Waals surface area contributed by atoms with Gasteiger partial charge in [0, 0.05) is 6.20 Å². The summed E-state index contributed by atoms with van der Waals surface area (Å²) in [5, 5.41) is 10.7. The highest BCUT2D eigenvalue weighted by Crippen LogP contribution is 2.50. The lowest BCUT2D eigenvalue weighted by atomic mass is 9.99. The lowest BCUT2D eigenvalue weighted by molar-refractivity contribution is -0.125. The maximum Gasteiger partial charge on any atom is 0.231 e. The van der Waals surface area contributed by atoms with E-state index in [2.05, 4.69) is 15.5 Å². The Labute approximate surface area is 121 Å². The molecule has 1 saturated carbocycles. The molecule has 0 saturated heterocycles. The number of aryl methyl sites for hydroxylation is 1. The molecule has 2 aliphatic rings. The molecule has 2 atom stereocenters. The first-order valence-corrected chi connectivity index (χ1v) is 7.03. The Morgan fingerprint density at radius 2 is 2.19 bits per heavy atom. The van der Waals surface area contributed by atoms with Gasteiger partial charge in [-0.1, -0.05) is 0 Å². The zero-order chi connectivity index (χ0) is 15.0. The summed E-state index contributed by atoms with van der Waals surface area (Å²) < 4.78 is 12.4. The molecule has 1 aromatic heterocycles. The first kappa shape index (κ1) is 13.9. The van der Waals surface area contributed by atoms with Crippen LogP contribution in [0.2, 0.25) is 0 Å². The first-order chi connectivity index (χ1) is 10.1. The molecule has 2 unspecified atom stereocenters. The number of rotatable bonds is 4. The molecule has 0 spiro atoms. The highest BCUT2D eigenvalue weighted by molar-refractivity contribution is 6.27. The van der Waals surface area contributed by atoms with Crippen molar-refractivity contribution in [3.05, 3.63) is 29.2 Å². The molecule has 1 fully saturated rings. The summed E-state index contributed by atoms with van der Waals surface area (Å²) in [4.78, 5) is 23.1. The molecule has 0 aromatic carbocycles. The van der Waals surface area contributed by atoms with Crippen LogP contribution in [0.3, 0.4) is 0 Å². The predicted octanol–water partition coefficient (Wildman–Crippen LogP) is 1.68. The minimum Gasteiger partial charge on any atom is -0.331 e. The molecular formula is C15H16FN3O2. The van der Waals surface area contributed by atoms with Gasteiger partial charge < -0.3 is 5.32 Å². The Hall–Kier alpha value is -2.11. The number of nitrogens with zero attached hydrogens (tertiary/aromatic N) is 2. The van der Waals surface area contributed by atoms with E-state index in [0.717, 1.165) is 17.7 Å². The fourth-order valence-corrected chi connectivity index (χ4v) is 2.80. The van der Waals surface area contributed by atoms with Crippen molar-refractivity contribution in [1.29, 1.82) is 0 Å². The van der Waals surface area contributed by atoms with Crippen molar-refractivity contribution in [3.8, 4) is 0 Å². The zero-order valence-electron chi connectivity index (χ0n) is 11.7. The van der Waals surface area contributed by atoms with Crippen LogP contribution in [0.4, 0.5) is 4.39 Å². The second-order valence-corrected chi connectivity index (χ2v) is 5.58. The van der Waals surface area contributed by atoms with Gasteiger partial charge >= 0.3 is 0 Å². The fraction of sp³-hybridized carbons (Fsp3) is 0.467. The summed E-state index contributed by atoms with van der Waals surface area (Å²) in [5.41, 5.74) is 2.71. The number of nitrogens with one attached hydrogen (secondary N) is 1. The van der Waals surface area contributed by atoms with Crippen LogP contribution in [0.25, 0.3) is 5.57 Å². The van der Waals surface area contributed by atoms with Gasteiger partial charge in [-0.25, -0.2) is 0 Å². The van der Waals surface area contributed by atoms with Crippen LogP contribution >= 0.6 is 0 Å². The van der Waals surface area contributed by atoms with E-state index in [0.29, 0.717) is 29.5 Å². The second kappa shape index (κ2) is 5.35. The topological polar surface area (TPSA) is 72.0 Å². The third kappa shape index (κ3) is 2.70. The molecule has 2 heterocycles. The monoisotopic (exact) mass is 289 g/mol. The van der Waals surface area contributed by atoms with Gasteiger partial charge in [0.25, 0.3) is 0 Å². The normalized spacial score (nSPS) is 24.6. The number of amides is 1. The summed E-state index contributed by atoms with van der Waals surface area (Å²) in [6.07, 6.45) is 2.76. The van der Waals surface area contributed by atoms with E-state index in [-0.39, 0.29) is 24.8 Å². The maximum atomic E-state index is 12.4. The van der Waals surface area contributed by atoms with Gasteiger partial charge in [0.15, 0.2) is 5.78 Å². The average Bonchev–Trinajstić information content (AvgIpc) is 3.19. The third-order valence-electron chi connectivity index (χ3n) is 4.09. The molecule has 110 valence electrons. The molecular weight excluding hydrogens is 273 g/mol. The van der Waals surface area contributed by atoms with Crippen molar-refractivity contribution in [3.63, 3.8) is 0 Å². The molecule has 1 N–H and O–H groups in total. The van der Waals surface area contributed by atoms with Crippen molar-refractivity contribution < 1.29 is 14.0 Å². The van der Waals surface area contributed by atoms with Crippen LogP contribution < -0.4 is 5.32 Å². The number of carbonyl (C=O) groups excluding carboxylic acids is 2. The van der Waals surface area contributed by atoms with Gasteiger partial charge in [-0.05, 0) is 43.2 Å². The number of ketones is 1. The first-order valence-electron chi connectivity index (χ1n) is 7.03. The van der Waals surface area contributed by atoms with Crippen molar-refractivity contribution in [1.82, 2.24) is 15.5 Å². The Bertz CT molecular complexity index is 642. The van der Waals surface area contributed by atoms with Gasteiger partial charge in [0.05, 0.1) is 30.1 Å². The Balaban J connectivity index is 1.88. The van der Waals surface area contributed by atoms with Crippen molar-refractivity contribution in [2.45, 2.75) is 32.1 Å². The quantitative estimate of drug-likeness (QED) is 0.856. The van der Waals surface area contributed by atoms with E-state index >= 15 is 0 Å². The maximum absolute atomic E-state index is 12.4. The minimum atomic E-state index is -0.311. The molecule has 3 rings (SSSR count). The molecule has 1 aliphatic heterocycles. The summed E-state index contributed by atoms with van der Waals surface area (Å²) >= 11 is 0. The van der Waals surface area contributed by atoms with Gasteiger partial charge in [-0.15, -0.1) is 0 Å². The number of allylic oxidation sites excluding steroid dienone is 1. The molecule has 21 heavy (non-hydrogen) atoms. The second-order valence-electron chi connectivity index (χ2n) is 5.58. The van der Waals surface area contributed by atoms with Gasteiger partial charge in [-0.3, -0.25) is 14.0 Å². The lowest BCUT2D eigenvalue weighted by Gasteiger charge is -2.13. The SMILES string of the molecule is Cc1nnc(C2=CNC(=O)CC2=O)cc1C1CC1CCF. The van der Waals surface area contributed by atoms with Gasteiger partial charge in [0.2, 0.25) is 5.91 Å². The molecule has 5 nitrogen and oxygen atoms in total. The van der Waals surface area contributed by atoms with E-state index in [1.165, 1.54) is 6.20 Å². The molecule has 1 aromatic rings. The standard InChI is InChI=1S/C15H16FN3O2/c1-8-10(11-4-9(11)2-3-16)5-13(19-18-8)12-7-17-15(21)6-14(12)20/h5,7,9,11H,2-4,6H2,1H3,(H,17,21). The Kier molecular flexibility index (Phi) is 3.53. The highest BCUT2D eigenvalue weighted by atomic mass is 19.1. The average molecular weight is 289 g/mol. The minimum absolute atomic E-state index is 0.162. The van der Waals surface area contributed by atoms with E-state index in [4.69, 9.17) is 0 Å². The summed E-state index contributed by atoms with van der Waals surface area (Å²) in [6.45, 7) is 1.57. The van der Waals surface area contributed by atoms with E-state index in [9.17, 15) is 14.0 Å². The van der Waals surface area contributed by atoms with Gasteiger partial charge in [0.1, 0.15) is 0 Å². The van der Waals surface area contributed by atoms with E-state index in [1.807, 2.05) is 13.0 Å². The van der Waals surface area contributed by atoms with E-state index < -0.39 is 0 Å². The highest BCUT2D eigenvalue weighted by Gasteiger charge is 2.39. The number of halogens is 1. The Morgan fingerprint density at radius 3 is 2.90 bits per heavy atom. The molecule has 1 amide bonds. The van der Waals surface area contributed by atoms with E-state index in [1.54, 1.807) is 0 Å². The summed E-state index contributed by atoms with van der Waals surface area (Å²) in [5.74, 6) is 0.110. The Morgan fingerprint density at radius 1 is 1.38 bits per heavy atom. The smallest absolute Gasteiger partial charge is 0.231 e. The van der Waals surface area contributed by atoms with Gasteiger partial charge in [-0.2, -0.15) is 10.2 Å². The van der Waals surface area contributed by atoms with Crippen LogP contribution in [0.1, 0.15) is 42.1 Å². The molecule has 0 radical (unpaired) electrons. The molecule has 0 bridgehead atoms. The predicted molar refractivity (Wildman–Crippen MR) is 74.0 cm³/mol. The number of hydrogen-bond donors (Lipinski definition) is 1. The number of carbonyl (C=O) groups is 2. The van der Waals surface area contributed by atoms with Crippen LogP contribution in [-0.4, -0.2) is 28.6 Å². The van der Waals surface area contributed by atoms with Crippen LogP contribution in [0.15, 0.2) is 12.3 Å². The van der Waals surface area contributed by atoms with Crippen molar-refractivity contribution in [2.24, 2.45) is 5.92 Å². The number of Topliss-reactive ketones (excluding diaryl/α,β-unsaturated/α-hetero) is 1. The molecule has 6 heteroatoms. The summed E-state index contributed by atoms with van der Waals surface area (Å²) in [6, 6.07) is 1.85. The number of hydrogen-bond acceptors (Lipinski definition) is 4. The third-order valence-corrected chi connectivity index (χ3v) is 4.09. The van der Waals surface area contributed by atoms with Crippen molar-refractivity contribution >= 4 is 17.3 Å². The van der Waals surface area contributed by atoms with Crippen LogP contribution in [-0.2, 0) is 9.59 Å².